The lowest BCUT2D eigenvalue weighted by Crippen LogP contribution is -2.16. The number of carboxylic acid groups (broad SMARTS) is 1. The average molecular weight is 437 g/mol. The van der Waals surface area contributed by atoms with Crippen molar-refractivity contribution in [3.05, 3.63) is 95.0 Å². The number of nitrogens with one attached hydrogen (secondary N) is 1. The number of aromatic nitrogens is 2. The van der Waals surface area contributed by atoms with Gasteiger partial charge in [-0.15, -0.1) is 0 Å². The van der Waals surface area contributed by atoms with Gasteiger partial charge in [0.15, 0.2) is 0 Å². The number of halogens is 1. The maximum absolute atomic E-state index is 12.3. The SMILES string of the molecule is C=CN(C)c1nc(Cc2ccc(NC(=O)c3cccc(Cl)c3)cc2)ncc1CC(=O)O. The molecule has 31 heavy (non-hydrogen) atoms. The van der Waals surface area contributed by atoms with Crippen LogP contribution in [0.1, 0.15) is 27.3 Å². The van der Waals surface area contributed by atoms with Crippen LogP contribution in [0, 0.1) is 0 Å². The van der Waals surface area contributed by atoms with Crippen LogP contribution in [0.15, 0.2) is 67.5 Å². The summed E-state index contributed by atoms with van der Waals surface area (Å²) in [6.07, 6.45) is 3.38. The first kappa shape index (κ1) is 22.0. The van der Waals surface area contributed by atoms with Gasteiger partial charge in [-0.2, -0.15) is 0 Å². The van der Waals surface area contributed by atoms with Crippen LogP contribution in [0.5, 0.6) is 0 Å². The molecule has 0 bridgehead atoms. The molecule has 8 heteroatoms. The van der Waals surface area contributed by atoms with Crippen LogP contribution in [0.3, 0.4) is 0 Å². The zero-order valence-electron chi connectivity index (χ0n) is 16.9. The van der Waals surface area contributed by atoms with Crippen molar-refractivity contribution in [3.8, 4) is 0 Å². The lowest BCUT2D eigenvalue weighted by Gasteiger charge is -2.17. The molecule has 0 saturated heterocycles. The molecular weight excluding hydrogens is 416 g/mol. The number of hydrogen-bond acceptors (Lipinski definition) is 5. The molecule has 0 atom stereocenters. The highest BCUT2D eigenvalue weighted by molar-refractivity contribution is 6.31. The maximum Gasteiger partial charge on any atom is 0.308 e. The summed E-state index contributed by atoms with van der Waals surface area (Å²) in [6, 6.07) is 14.1. The van der Waals surface area contributed by atoms with Gasteiger partial charge >= 0.3 is 5.97 Å². The highest BCUT2D eigenvalue weighted by atomic mass is 35.5. The molecule has 3 rings (SSSR count). The number of benzene rings is 2. The van der Waals surface area contributed by atoms with E-state index >= 15 is 0 Å². The van der Waals surface area contributed by atoms with Crippen molar-refractivity contribution >= 4 is 35.0 Å². The van der Waals surface area contributed by atoms with E-state index in [4.69, 9.17) is 16.7 Å². The van der Waals surface area contributed by atoms with Crippen molar-refractivity contribution in [1.29, 1.82) is 0 Å². The molecule has 1 heterocycles. The topological polar surface area (TPSA) is 95.4 Å². The van der Waals surface area contributed by atoms with Gasteiger partial charge in [0.1, 0.15) is 11.6 Å². The standard InChI is InChI=1S/C23H21ClN4O3/c1-3-28(2)22-17(13-21(29)30)14-25-20(27-22)11-15-7-9-19(10-8-15)26-23(31)16-5-4-6-18(24)12-16/h3-10,12,14H,1,11,13H2,2H3,(H,26,31)(H,29,30). The summed E-state index contributed by atoms with van der Waals surface area (Å²) in [5.41, 5.74) is 2.58. The molecule has 0 spiro atoms. The van der Waals surface area contributed by atoms with Gasteiger partial charge in [-0.25, -0.2) is 9.97 Å². The number of carbonyl (C=O) groups is 2. The first-order valence-corrected chi connectivity index (χ1v) is 9.81. The Labute approximate surface area is 185 Å². The van der Waals surface area contributed by atoms with Crippen LogP contribution < -0.4 is 10.2 Å². The summed E-state index contributed by atoms with van der Waals surface area (Å²) < 4.78 is 0. The van der Waals surface area contributed by atoms with E-state index in [0.29, 0.717) is 39.9 Å². The summed E-state index contributed by atoms with van der Waals surface area (Å²) in [5.74, 6) is -0.142. The van der Waals surface area contributed by atoms with E-state index in [1.807, 2.05) is 12.1 Å². The van der Waals surface area contributed by atoms with Gasteiger partial charge in [-0.3, -0.25) is 9.59 Å². The van der Waals surface area contributed by atoms with Gasteiger partial charge < -0.3 is 15.3 Å². The third-order valence-corrected chi connectivity index (χ3v) is 4.74. The molecule has 7 nitrogen and oxygen atoms in total. The number of rotatable bonds is 8. The van der Waals surface area contributed by atoms with E-state index in [-0.39, 0.29) is 12.3 Å². The maximum atomic E-state index is 12.3. The number of aliphatic carboxylic acids is 1. The molecule has 0 aliphatic carbocycles. The van der Waals surface area contributed by atoms with Crippen molar-refractivity contribution in [3.63, 3.8) is 0 Å². The van der Waals surface area contributed by atoms with E-state index in [9.17, 15) is 9.59 Å². The Morgan fingerprint density at radius 1 is 1.23 bits per heavy atom. The minimum absolute atomic E-state index is 0.172. The Bertz CT molecular complexity index is 1120. The van der Waals surface area contributed by atoms with Gasteiger partial charge in [-0.05, 0) is 42.1 Å². The predicted molar refractivity (Wildman–Crippen MR) is 121 cm³/mol. The Kier molecular flexibility index (Phi) is 6.99. The van der Waals surface area contributed by atoms with E-state index in [1.165, 1.54) is 6.20 Å². The van der Waals surface area contributed by atoms with Crippen molar-refractivity contribution in [1.82, 2.24) is 9.97 Å². The highest BCUT2D eigenvalue weighted by Crippen LogP contribution is 2.19. The highest BCUT2D eigenvalue weighted by Gasteiger charge is 2.13. The molecular formula is C23H21ClN4O3. The lowest BCUT2D eigenvalue weighted by molar-refractivity contribution is -0.136. The molecule has 0 radical (unpaired) electrons. The second-order valence-corrected chi connectivity index (χ2v) is 7.27. The Morgan fingerprint density at radius 2 is 1.97 bits per heavy atom. The van der Waals surface area contributed by atoms with Gasteiger partial charge in [0.05, 0.1) is 6.42 Å². The van der Waals surface area contributed by atoms with Crippen LogP contribution in [0.25, 0.3) is 0 Å². The fourth-order valence-corrected chi connectivity index (χ4v) is 3.11. The summed E-state index contributed by atoms with van der Waals surface area (Å²) in [5, 5.41) is 12.4. The van der Waals surface area contributed by atoms with Crippen LogP contribution in [-0.2, 0) is 17.6 Å². The minimum Gasteiger partial charge on any atom is -0.481 e. The Balaban J connectivity index is 1.72. The molecule has 0 aliphatic rings. The van der Waals surface area contributed by atoms with E-state index in [0.717, 1.165) is 5.56 Å². The molecule has 2 aromatic carbocycles. The second-order valence-electron chi connectivity index (χ2n) is 6.84. The Hall–Kier alpha value is -3.71. The van der Waals surface area contributed by atoms with Gasteiger partial charge in [0.2, 0.25) is 0 Å². The number of carbonyl (C=O) groups excluding carboxylic acids is 1. The van der Waals surface area contributed by atoms with E-state index in [1.54, 1.807) is 54.5 Å². The summed E-state index contributed by atoms with van der Waals surface area (Å²) >= 11 is 5.93. The quantitative estimate of drug-likeness (QED) is 0.550. The third kappa shape index (κ3) is 5.90. The summed E-state index contributed by atoms with van der Waals surface area (Å²) in [4.78, 5) is 33.9. The van der Waals surface area contributed by atoms with E-state index < -0.39 is 5.97 Å². The van der Waals surface area contributed by atoms with Crippen molar-refractivity contribution < 1.29 is 14.7 Å². The number of carboxylic acids is 1. The fraction of sp³-hybridized carbons (Fsp3) is 0.130. The Morgan fingerprint density at radius 3 is 2.61 bits per heavy atom. The summed E-state index contributed by atoms with van der Waals surface area (Å²) in [7, 11) is 1.75. The molecule has 158 valence electrons. The fourth-order valence-electron chi connectivity index (χ4n) is 2.92. The smallest absolute Gasteiger partial charge is 0.308 e. The molecule has 1 amide bonds. The molecule has 0 unspecified atom stereocenters. The van der Waals surface area contributed by atoms with Crippen LogP contribution in [0.2, 0.25) is 5.02 Å². The van der Waals surface area contributed by atoms with Gasteiger partial charge in [0.25, 0.3) is 5.91 Å². The number of amides is 1. The largest absolute Gasteiger partial charge is 0.481 e. The minimum atomic E-state index is -0.953. The number of nitrogens with zero attached hydrogens (tertiary/aromatic N) is 3. The van der Waals surface area contributed by atoms with E-state index in [2.05, 4.69) is 21.9 Å². The first-order chi connectivity index (χ1) is 14.9. The predicted octanol–water partition coefficient (Wildman–Crippen LogP) is 4.18. The monoisotopic (exact) mass is 436 g/mol. The van der Waals surface area contributed by atoms with Crippen molar-refractivity contribution in [2.75, 3.05) is 17.3 Å². The zero-order chi connectivity index (χ0) is 22.4. The average Bonchev–Trinajstić information content (AvgIpc) is 2.75. The van der Waals surface area contributed by atoms with Crippen molar-refractivity contribution in [2.45, 2.75) is 12.8 Å². The number of hydrogen-bond donors (Lipinski definition) is 2. The zero-order valence-corrected chi connectivity index (χ0v) is 17.6. The van der Waals surface area contributed by atoms with Crippen LogP contribution in [0.4, 0.5) is 11.5 Å². The molecule has 3 aromatic rings. The second kappa shape index (κ2) is 9.86. The normalized spacial score (nSPS) is 10.4. The molecule has 1 aromatic heterocycles. The van der Waals surface area contributed by atoms with Crippen molar-refractivity contribution in [2.24, 2.45) is 0 Å². The molecule has 0 saturated carbocycles. The van der Waals surface area contributed by atoms with Gasteiger partial charge in [-0.1, -0.05) is 36.4 Å². The summed E-state index contributed by atoms with van der Waals surface area (Å²) in [6.45, 7) is 3.71. The molecule has 0 fully saturated rings. The van der Waals surface area contributed by atoms with Gasteiger partial charge in [0, 0.05) is 41.5 Å². The first-order valence-electron chi connectivity index (χ1n) is 9.43. The van der Waals surface area contributed by atoms with Crippen LogP contribution in [-0.4, -0.2) is 34.0 Å². The van der Waals surface area contributed by atoms with Crippen LogP contribution >= 0.6 is 11.6 Å². The lowest BCUT2D eigenvalue weighted by atomic mass is 10.1. The number of anilines is 2. The molecule has 2 N–H and O–H groups in total. The molecule has 0 aliphatic heterocycles. The third-order valence-electron chi connectivity index (χ3n) is 4.50.